The molecular weight excluding hydrogens is 280 g/mol. The number of hydrogen-bond donors (Lipinski definition) is 0. The Balaban J connectivity index is 2.55. The predicted molar refractivity (Wildman–Crippen MR) is 85.1 cm³/mol. The van der Waals surface area contributed by atoms with Crippen LogP contribution in [0.25, 0.3) is 5.57 Å². The summed E-state index contributed by atoms with van der Waals surface area (Å²) in [5.74, 6) is 0.831. The molecule has 114 valence electrons. The van der Waals surface area contributed by atoms with E-state index >= 15 is 0 Å². The smallest absolute Gasteiger partial charge is 0.331 e. The number of esters is 1. The second-order valence-electron chi connectivity index (χ2n) is 4.52. The summed E-state index contributed by atoms with van der Waals surface area (Å²) in [4.78, 5) is 11.7. The molecule has 0 bridgehead atoms. The molecule has 2 aromatic rings. The number of hydrogen-bond acceptors (Lipinski definition) is 4. The number of carbonyl (C=O) groups is 1. The Morgan fingerprint density at radius 1 is 0.864 bits per heavy atom. The molecule has 0 aromatic heterocycles. The molecule has 0 heterocycles. The van der Waals surface area contributed by atoms with Crippen molar-refractivity contribution in [2.24, 2.45) is 0 Å². The second kappa shape index (κ2) is 7.31. The van der Waals surface area contributed by atoms with Gasteiger partial charge in [0.2, 0.25) is 0 Å². The van der Waals surface area contributed by atoms with Gasteiger partial charge in [-0.3, -0.25) is 0 Å². The molecule has 4 heteroatoms. The maximum atomic E-state index is 11.7. The van der Waals surface area contributed by atoms with Gasteiger partial charge in [0.1, 0.15) is 0 Å². The quantitative estimate of drug-likeness (QED) is 0.627. The predicted octanol–water partition coefficient (Wildman–Crippen LogP) is 3.31. The molecule has 0 aliphatic heterocycles. The van der Waals surface area contributed by atoms with E-state index in [0.29, 0.717) is 11.5 Å². The topological polar surface area (TPSA) is 44.8 Å². The van der Waals surface area contributed by atoms with E-state index in [-0.39, 0.29) is 0 Å². The zero-order chi connectivity index (χ0) is 15.9. The van der Waals surface area contributed by atoms with Crippen molar-refractivity contribution in [3.63, 3.8) is 0 Å². The molecule has 0 amide bonds. The highest BCUT2D eigenvalue weighted by Gasteiger charge is 2.11. The van der Waals surface area contributed by atoms with E-state index in [4.69, 9.17) is 14.2 Å². The third kappa shape index (κ3) is 3.47. The van der Waals surface area contributed by atoms with E-state index in [9.17, 15) is 4.79 Å². The molecular formula is C18H18O4. The number of carbonyl (C=O) groups excluding carboxylic acids is 1. The van der Waals surface area contributed by atoms with Gasteiger partial charge in [-0.2, -0.15) is 0 Å². The molecule has 4 nitrogen and oxygen atoms in total. The average Bonchev–Trinajstić information content (AvgIpc) is 2.59. The molecule has 0 radical (unpaired) electrons. The monoisotopic (exact) mass is 298 g/mol. The van der Waals surface area contributed by atoms with Crippen LogP contribution in [0.1, 0.15) is 11.1 Å². The van der Waals surface area contributed by atoms with E-state index in [2.05, 4.69) is 0 Å². The third-order valence-corrected chi connectivity index (χ3v) is 3.24. The van der Waals surface area contributed by atoms with Crippen molar-refractivity contribution in [3.8, 4) is 11.5 Å². The van der Waals surface area contributed by atoms with Crippen molar-refractivity contribution in [2.75, 3.05) is 21.3 Å². The summed E-state index contributed by atoms with van der Waals surface area (Å²) in [6, 6.07) is 15.2. The van der Waals surface area contributed by atoms with Crippen LogP contribution in [0, 0.1) is 0 Å². The first-order valence-electron chi connectivity index (χ1n) is 6.77. The van der Waals surface area contributed by atoms with Crippen LogP contribution in [0.5, 0.6) is 11.5 Å². The minimum atomic E-state index is -0.409. The van der Waals surface area contributed by atoms with Crippen LogP contribution >= 0.6 is 0 Å². The van der Waals surface area contributed by atoms with Crippen molar-refractivity contribution in [3.05, 3.63) is 65.7 Å². The normalized spacial score (nSPS) is 11.0. The van der Waals surface area contributed by atoms with E-state index in [1.807, 2.05) is 48.5 Å². The first kappa shape index (κ1) is 15.6. The minimum Gasteiger partial charge on any atom is -0.493 e. The van der Waals surface area contributed by atoms with Crippen LogP contribution in [-0.4, -0.2) is 27.3 Å². The summed E-state index contributed by atoms with van der Waals surface area (Å²) in [6.45, 7) is 0. The number of rotatable bonds is 5. The molecule has 0 spiro atoms. The fourth-order valence-corrected chi connectivity index (χ4v) is 2.13. The van der Waals surface area contributed by atoms with Crippen molar-refractivity contribution in [1.82, 2.24) is 0 Å². The highest BCUT2D eigenvalue weighted by atomic mass is 16.5. The molecule has 2 aromatic carbocycles. The van der Waals surface area contributed by atoms with Crippen LogP contribution in [0.2, 0.25) is 0 Å². The Hall–Kier alpha value is -2.75. The van der Waals surface area contributed by atoms with Crippen LogP contribution in [0.15, 0.2) is 54.6 Å². The van der Waals surface area contributed by atoms with Gasteiger partial charge < -0.3 is 14.2 Å². The Labute approximate surface area is 129 Å². The van der Waals surface area contributed by atoms with Crippen LogP contribution < -0.4 is 9.47 Å². The second-order valence-corrected chi connectivity index (χ2v) is 4.52. The Bertz CT molecular complexity index is 675. The van der Waals surface area contributed by atoms with Gasteiger partial charge in [-0.15, -0.1) is 0 Å². The molecule has 22 heavy (non-hydrogen) atoms. The average molecular weight is 298 g/mol. The first-order valence-corrected chi connectivity index (χ1v) is 6.77. The van der Waals surface area contributed by atoms with E-state index in [0.717, 1.165) is 16.7 Å². The van der Waals surface area contributed by atoms with Gasteiger partial charge >= 0.3 is 5.97 Å². The lowest BCUT2D eigenvalue weighted by Crippen LogP contribution is -1.99. The fraction of sp³-hybridized carbons (Fsp3) is 0.167. The van der Waals surface area contributed by atoms with E-state index < -0.39 is 5.97 Å². The number of benzene rings is 2. The van der Waals surface area contributed by atoms with Crippen LogP contribution in [0.3, 0.4) is 0 Å². The zero-order valence-electron chi connectivity index (χ0n) is 12.8. The Kier molecular flexibility index (Phi) is 5.20. The molecule has 0 N–H and O–H groups in total. The van der Waals surface area contributed by atoms with Gasteiger partial charge in [0.25, 0.3) is 0 Å². The molecule has 0 fully saturated rings. The molecule has 2 rings (SSSR count). The van der Waals surface area contributed by atoms with Crippen LogP contribution in [0.4, 0.5) is 0 Å². The van der Waals surface area contributed by atoms with Crippen molar-refractivity contribution < 1.29 is 19.0 Å². The van der Waals surface area contributed by atoms with E-state index in [1.54, 1.807) is 14.2 Å². The minimum absolute atomic E-state index is 0.409. The molecule has 0 saturated heterocycles. The van der Waals surface area contributed by atoms with Gasteiger partial charge in [0.15, 0.2) is 11.5 Å². The summed E-state index contributed by atoms with van der Waals surface area (Å²) in [7, 11) is 4.52. The third-order valence-electron chi connectivity index (χ3n) is 3.24. The van der Waals surface area contributed by atoms with Crippen molar-refractivity contribution >= 4 is 11.5 Å². The summed E-state index contributed by atoms with van der Waals surface area (Å²) in [5, 5.41) is 0. The molecule has 0 aliphatic rings. The Morgan fingerprint density at radius 3 is 2.14 bits per heavy atom. The van der Waals surface area contributed by atoms with Gasteiger partial charge in [-0.25, -0.2) is 4.79 Å². The molecule has 0 saturated carbocycles. The summed E-state index contributed by atoms with van der Waals surface area (Å²) < 4.78 is 15.3. The standard InChI is InChI=1S/C18H18O4/c1-20-16-10-9-14(11-17(16)21-2)15(12-18(19)22-3)13-7-5-4-6-8-13/h4-12H,1-3H3. The lowest BCUT2D eigenvalue weighted by Gasteiger charge is -2.12. The van der Waals surface area contributed by atoms with E-state index in [1.165, 1.54) is 13.2 Å². The van der Waals surface area contributed by atoms with Gasteiger partial charge in [-0.05, 0) is 28.8 Å². The molecule has 0 atom stereocenters. The lowest BCUT2D eigenvalue weighted by atomic mass is 9.97. The zero-order valence-corrected chi connectivity index (χ0v) is 12.8. The largest absolute Gasteiger partial charge is 0.493 e. The lowest BCUT2D eigenvalue weighted by molar-refractivity contribution is -0.134. The van der Waals surface area contributed by atoms with Gasteiger partial charge in [0.05, 0.1) is 21.3 Å². The summed E-state index contributed by atoms with van der Waals surface area (Å²) in [6.07, 6.45) is 1.47. The van der Waals surface area contributed by atoms with Gasteiger partial charge in [0, 0.05) is 6.08 Å². The molecule has 0 unspecified atom stereocenters. The number of ether oxygens (including phenoxy) is 3. The Morgan fingerprint density at radius 2 is 1.55 bits per heavy atom. The molecule has 0 aliphatic carbocycles. The van der Waals surface area contributed by atoms with Gasteiger partial charge in [-0.1, -0.05) is 36.4 Å². The maximum absolute atomic E-state index is 11.7. The highest BCUT2D eigenvalue weighted by molar-refractivity contribution is 5.96. The first-order chi connectivity index (χ1) is 10.7. The maximum Gasteiger partial charge on any atom is 0.331 e. The van der Waals surface area contributed by atoms with Crippen molar-refractivity contribution in [2.45, 2.75) is 0 Å². The highest BCUT2D eigenvalue weighted by Crippen LogP contribution is 2.32. The fourth-order valence-electron chi connectivity index (χ4n) is 2.13. The van der Waals surface area contributed by atoms with Crippen LogP contribution in [-0.2, 0) is 9.53 Å². The summed E-state index contributed by atoms with van der Waals surface area (Å²) >= 11 is 0. The number of methoxy groups -OCH3 is 3. The van der Waals surface area contributed by atoms with Crippen molar-refractivity contribution in [1.29, 1.82) is 0 Å². The SMILES string of the molecule is COC(=O)C=C(c1ccccc1)c1ccc(OC)c(OC)c1. The summed E-state index contributed by atoms with van der Waals surface area (Å²) in [5.41, 5.74) is 2.52.